The molecular weight excluding hydrogens is 216 g/mol. The molecule has 0 atom stereocenters. The molecule has 1 aromatic heterocycles. The molecule has 82 valence electrons. The summed E-state index contributed by atoms with van der Waals surface area (Å²) in [4.78, 5) is 0.535. The molecule has 16 heavy (non-hydrogen) atoms. The van der Waals surface area contributed by atoms with Crippen molar-refractivity contribution in [3.05, 3.63) is 59.9 Å². The van der Waals surface area contributed by atoms with E-state index in [4.69, 9.17) is 18.0 Å². The molecule has 0 spiro atoms. The zero-order chi connectivity index (χ0) is 11.4. The summed E-state index contributed by atoms with van der Waals surface area (Å²) in [6.45, 7) is 0.867. The molecule has 0 saturated carbocycles. The Labute approximate surface area is 101 Å². The quantitative estimate of drug-likeness (QED) is 0.817. The summed E-state index contributed by atoms with van der Waals surface area (Å²) in [5, 5.41) is 0. The molecule has 2 N–H and O–H groups in total. The highest BCUT2D eigenvalue weighted by Crippen LogP contribution is 2.08. The number of thiocarbonyl (C=S) groups is 1. The molecule has 0 radical (unpaired) electrons. The van der Waals surface area contributed by atoms with Gasteiger partial charge in [0.2, 0.25) is 0 Å². The van der Waals surface area contributed by atoms with Crippen LogP contribution >= 0.6 is 12.2 Å². The maximum atomic E-state index is 5.56. The monoisotopic (exact) mass is 230 g/mol. The Kier molecular flexibility index (Phi) is 3.37. The fourth-order valence-corrected chi connectivity index (χ4v) is 1.87. The third-order valence-corrected chi connectivity index (χ3v) is 2.62. The van der Waals surface area contributed by atoms with Gasteiger partial charge in [0, 0.05) is 24.9 Å². The van der Waals surface area contributed by atoms with Crippen LogP contribution in [0.25, 0.3) is 0 Å². The Hall–Kier alpha value is -1.61. The second-order valence-electron chi connectivity index (χ2n) is 3.76. The number of aromatic nitrogens is 1. The van der Waals surface area contributed by atoms with Gasteiger partial charge in [0.1, 0.15) is 0 Å². The largest absolute Gasteiger partial charge is 0.393 e. The van der Waals surface area contributed by atoms with E-state index < -0.39 is 0 Å². The van der Waals surface area contributed by atoms with Gasteiger partial charge in [0.15, 0.2) is 0 Å². The summed E-state index contributed by atoms with van der Waals surface area (Å²) in [5.74, 6) is 0. The van der Waals surface area contributed by atoms with E-state index in [1.54, 1.807) is 0 Å². The van der Waals surface area contributed by atoms with Crippen molar-refractivity contribution >= 4 is 17.2 Å². The lowest BCUT2D eigenvalue weighted by Gasteiger charge is -2.08. The Morgan fingerprint density at radius 3 is 2.56 bits per heavy atom. The van der Waals surface area contributed by atoms with Crippen molar-refractivity contribution in [3.63, 3.8) is 0 Å². The predicted molar refractivity (Wildman–Crippen MR) is 70.5 cm³/mol. The summed E-state index contributed by atoms with van der Waals surface area (Å²) in [6, 6.07) is 14.4. The molecule has 0 bridgehead atoms. The molecule has 2 aromatic rings. The Morgan fingerprint density at radius 2 is 1.88 bits per heavy atom. The third kappa shape index (κ3) is 2.70. The highest BCUT2D eigenvalue weighted by molar-refractivity contribution is 7.80. The smallest absolute Gasteiger partial charge is 0.0786 e. The highest BCUT2D eigenvalue weighted by Gasteiger charge is 2.02. The van der Waals surface area contributed by atoms with E-state index in [-0.39, 0.29) is 0 Å². The van der Waals surface area contributed by atoms with E-state index in [2.05, 4.69) is 29.0 Å². The normalized spacial score (nSPS) is 10.2. The SMILES string of the molecule is NC(=S)Cc1cccn1Cc1ccccc1. The second kappa shape index (κ2) is 4.94. The first-order valence-corrected chi connectivity index (χ1v) is 5.63. The fourth-order valence-electron chi connectivity index (χ4n) is 1.72. The zero-order valence-electron chi connectivity index (χ0n) is 8.97. The Morgan fingerprint density at radius 1 is 1.12 bits per heavy atom. The zero-order valence-corrected chi connectivity index (χ0v) is 9.78. The van der Waals surface area contributed by atoms with Crippen LogP contribution in [0.3, 0.4) is 0 Å². The van der Waals surface area contributed by atoms with E-state index >= 15 is 0 Å². The molecular formula is C13H14N2S. The molecule has 0 aliphatic heterocycles. The van der Waals surface area contributed by atoms with Crippen LogP contribution in [0.15, 0.2) is 48.7 Å². The van der Waals surface area contributed by atoms with Crippen LogP contribution in [0.1, 0.15) is 11.3 Å². The summed E-state index contributed by atoms with van der Waals surface area (Å²) < 4.78 is 2.18. The average molecular weight is 230 g/mol. The van der Waals surface area contributed by atoms with Gasteiger partial charge in [-0.05, 0) is 17.7 Å². The van der Waals surface area contributed by atoms with Gasteiger partial charge in [-0.2, -0.15) is 0 Å². The van der Waals surface area contributed by atoms with Gasteiger partial charge in [-0.25, -0.2) is 0 Å². The van der Waals surface area contributed by atoms with E-state index in [0.29, 0.717) is 11.4 Å². The van der Waals surface area contributed by atoms with Gasteiger partial charge in [-0.15, -0.1) is 0 Å². The molecule has 0 aliphatic carbocycles. The standard InChI is InChI=1S/C13H14N2S/c14-13(16)9-12-7-4-8-15(12)10-11-5-2-1-3-6-11/h1-8H,9-10H2,(H2,14,16). The van der Waals surface area contributed by atoms with Gasteiger partial charge < -0.3 is 10.3 Å². The maximum Gasteiger partial charge on any atom is 0.0786 e. The van der Waals surface area contributed by atoms with Crippen molar-refractivity contribution in [2.24, 2.45) is 5.73 Å². The number of benzene rings is 1. The van der Waals surface area contributed by atoms with Gasteiger partial charge >= 0.3 is 0 Å². The van der Waals surface area contributed by atoms with Crippen LogP contribution < -0.4 is 5.73 Å². The van der Waals surface area contributed by atoms with Gasteiger partial charge in [-0.3, -0.25) is 0 Å². The van der Waals surface area contributed by atoms with Crippen molar-refractivity contribution in [3.8, 4) is 0 Å². The van der Waals surface area contributed by atoms with Gasteiger partial charge in [-0.1, -0.05) is 42.5 Å². The van der Waals surface area contributed by atoms with Gasteiger partial charge in [0.05, 0.1) is 4.99 Å². The molecule has 0 saturated heterocycles. The lowest BCUT2D eigenvalue weighted by molar-refractivity contribution is 0.767. The van der Waals surface area contributed by atoms with Crippen molar-refractivity contribution < 1.29 is 0 Å². The average Bonchev–Trinajstić information content (AvgIpc) is 2.66. The first-order chi connectivity index (χ1) is 7.75. The number of rotatable bonds is 4. The van der Waals surface area contributed by atoms with Crippen LogP contribution in [0.5, 0.6) is 0 Å². The highest BCUT2D eigenvalue weighted by atomic mass is 32.1. The minimum Gasteiger partial charge on any atom is -0.393 e. The first kappa shape index (κ1) is 10.9. The van der Waals surface area contributed by atoms with Crippen molar-refractivity contribution in [2.45, 2.75) is 13.0 Å². The number of nitrogens with two attached hydrogens (primary N) is 1. The molecule has 0 unspecified atom stereocenters. The van der Waals surface area contributed by atoms with Crippen molar-refractivity contribution in [1.82, 2.24) is 4.57 Å². The third-order valence-electron chi connectivity index (χ3n) is 2.47. The lowest BCUT2D eigenvalue weighted by Crippen LogP contribution is -2.14. The number of nitrogens with zero attached hydrogens (tertiary/aromatic N) is 1. The van der Waals surface area contributed by atoms with Crippen LogP contribution in [0.2, 0.25) is 0 Å². The minimum atomic E-state index is 0.535. The maximum absolute atomic E-state index is 5.56. The van der Waals surface area contributed by atoms with E-state index in [9.17, 15) is 0 Å². The van der Waals surface area contributed by atoms with E-state index in [1.165, 1.54) is 5.56 Å². The summed E-state index contributed by atoms with van der Waals surface area (Å²) in [5.41, 5.74) is 8.01. The summed E-state index contributed by atoms with van der Waals surface area (Å²) in [6.07, 6.45) is 2.72. The van der Waals surface area contributed by atoms with Crippen LogP contribution in [-0.4, -0.2) is 9.56 Å². The summed E-state index contributed by atoms with van der Waals surface area (Å²) in [7, 11) is 0. The van der Waals surface area contributed by atoms with Crippen molar-refractivity contribution in [1.29, 1.82) is 0 Å². The molecule has 0 amide bonds. The van der Waals surface area contributed by atoms with Gasteiger partial charge in [0.25, 0.3) is 0 Å². The number of hydrogen-bond acceptors (Lipinski definition) is 1. The van der Waals surface area contributed by atoms with E-state index in [1.807, 2.05) is 24.3 Å². The fraction of sp³-hybridized carbons (Fsp3) is 0.154. The Bertz CT molecular complexity index is 474. The first-order valence-electron chi connectivity index (χ1n) is 5.22. The number of hydrogen-bond donors (Lipinski definition) is 1. The van der Waals surface area contributed by atoms with Crippen molar-refractivity contribution in [2.75, 3.05) is 0 Å². The van der Waals surface area contributed by atoms with Crippen LogP contribution in [-0.2, 0) is 13.0 Å². The minimum absolute atomic E-state index is 0.535. The molecule has 0 fully saturated rings. The molecule has 1 aromatic carbocycles. The second-order valence-corrected chi connectivity index (χ2v) is 4.28. The van der Waals surface area contributed by atoms with Crippen LogP contribution in [0.4, 0.5) is 0 Å². The lowest BCUT2D eigenvalue weighted by atomic mass is 10.2. The predicted octanol–water partition coefficient (Wildman–Crippen LogP) is 2.37. The molecule has 2 rings (SSSR count). The van der Waals surface area contributed by atoms with E-state index in [0.717, 1.165) is 12.2 Å². The molecule has 1 heterocycles. The van der Waals surface area contributed by atoms with Crippen LogP contribution in [0, 0.1) is 0 Å². The topological polar surface area (TPSA) is 30.9 Å². The summed E-state index contributed by atoms with van der Waals surface area (Å²) >= 11 is 4.93. The molecule has 0 aliphatic rings. The molecule has 3 heteroatoms. The molecule has 2 nitrogen and oxygen atoms in total. The Balaban J connectivity index is 2.16.